The maximum Gasteiger partial charge on any atom is 0.227 e. The minimum atomic E-state index is 0.116. The molecule has 29 heavy (non-hydrogen) atoms. The number of amides is 1. The molecule has 0 saturated carbocycles. The van der Waals surface area contributed by atoms with Crippen LogP contribution in [-0.4, -0.2) is 59.3 Å². The molecule has 7 nitrogen and oxygen atoms in total. The van der Waals surface area contributed by atoms with Gasteiger partial charge in [-0.25, -0.2) is 0 Å². The highest BCUT2D eigenvalue weighted by Crippen LogP contribution is 2.20. The van der Waals surface area contributed by atoms with Crippen LogP contribution in [0.15, 0.2) is 60.8 Å². The van der Waals surface area contributed by atoms with Crippen LogP contribution in [0.2, 0.25) is 0 Å². The number of carbonyl (C=O) groups is 1. The Morgan fingerprint density at radius 3 is 2.41 bits per heavy atom. The average Bonchev–Trinajstić information content (AvgIpc) is 2.80. The molecular weight excluding hydrogens is 366 g/mol. The Morgan fingerprint density at radius 2 is 1.72 bits per heavy atom. The van der Waals surface area contributed by atoms with Gasteiger partial charge in [0.2, 0.25) is 5.91 Å². The molecule has 0 N–H and O–H groups in total. The van der Waals surface area contributed by atoms with Gasteiger partial charge in [-0.3, -0.25) is 9.78 Å². The predicted molar refractivity (Wildman–Crippen MR) is 111 cm³/mol. The van der Waals surface area contributed by atoms with Gasteiger partial charge in [-0.15, -0.1) is 10.2 Å². The molecule has 1 fully saturated rings. The Hall–Kier alpha value is -3.48. The SMILES string of the molecule is COc1ccccc1CC(=O)N1CCN(c2ccc(-c3ccccn3)nn2)CC1. The summed E-state index contributed by atoms with van der Waals surface area (Å²) in [5.41, 5.74) is 2.47. The van der Waals surface area contributed by atoms with E-state index in [0.29, 0.717) is 19.5 Å². The molecular formula is C22H23N5O2. The number of pyridine rings is 1. The van der Waals surface area contributed by atoms with Gasteiger partial charge in [0, 0.05) is 37.9 Å². The number of piperazine rings is 1. The molecule has 0 atom stereocenters. The maximum absolute atomic E-state index is 12.7. The number of anilines is 1. The van der Waals surface area contributed by atoms with E-state index in [1.165, 1.54) is 0 Å². The minimum Gasteiger partial charge on any atom is -0.496 e. The predicted octanol–water partition coefficient (Wildman–Crippen LogP) is 2.44. The second-order valence-corrected chi connectivity index (χ2v) is 6.85. The first-order valence-corrected chi connectivity index (χ1v) is 9.64. The monoisotopic (exact) mass is 389 g/mol. The largest absolute Gasteiger partial charge is 0.496 e. The molecule has 0 bridgehead atoms. The van der Waals surface area contributed by atoms with Gasteiger partial charge in [0.25, 0.3) is 0 Å². The first-order chi connectivity index (χ1) is 14.2. The Bertz CT molecular complexity index is 954. The number of rotatable bonds is 5. The van der Waals surface area contributed by atoms with Crippen LogP contribution in [0.1, 0.15) is 5.56 Å². The molecule has 4 rings (SSSR count). The summed E-state index contributed by atoms with van der Waals surface area (Å²) in [6.07, 6.45) is 2.09. The second-order valence-electron chi connectivity index (χ2n) is 6.85. The summed E-state index contributed by atoms with van der Waals surface area (Å²) < 4.78 is 5.35. The number of hydrogen-bond donors (Lipinski definition) is 0. The summed E-state index contributed by atoms with van der Waals surface area (Å²) in [4.78, 5) is 21.1. The van der Waals surface area contributed by atoms with E-state index >= 15 is 0 Å². The lowest BCUT2D eigenvalue weighted by atomic mass is 10.1. The highest BCUT2D eigenvalue weighted by Gasteiger charge is 2.23. The fourth-order valence-corrected chi connectivity index (χ4v) is 3.45. The van der Waals surface area contributed by atoms with Crippen LogP contribution in [0.4, 0.5) is 5.82 Å². The Labute approximate surface area is 170 Å². The van der Waals surface area contributed by atoms with Crippen molar-refractivity contribution in [2.75, 3.05) is 38.2 Å². The van der Waals surface area contributed by atoms with E-state index in [-0.39, 0.29) is 5.91 Å². The van der Waals surface area contributed by atoms with Crippen molar-refractivity contribution in [3.8, 4) is 17.1 Å². The van der Waals surface area contributed by atoms with Crippen molar-refractivity contribution in [2.45, 2.75) is 6.42 Å². The zero-order valence-corrected chi connectivity index (χ0v) is 16.4. The van der Waals surface area contributed by atoms with Crippen LogP contribution >= 0.6 is 0 Å². The Kier molecular flexibility index (Phi) is 5.65. The molecule has 148 valence electrons. The average molecular weight is 389 g/mol. The van der Waals surface area contributed by atoms with Crippen molar-refractivity contribution in [2.24, 2.45) is 0 Å². The van der Waals surface area contributed by atoms with E-state index in [1.54, 1.807) is 13.3 Å². The van der Waals surface area contributed by atoms with Crippen LogP contribution in [0.3, 0.4) is 0 Å². The third-order valence-corrected chi connectivity index (χ3v) is 5.07. The molecule has 0 aliphatic carbocycles. The molecule has 3 aromatic rings. The number of para-hydroxylation sites is 1. The van der Waals surface area contributed by atoms with Crippen molar-refractivity contribution in [1.29, 1.82) is 0 Å². The van der Waals surface area contributed by atoms with Crippen molar-refractivity contribution < 1.29 is 9.53 Å². The van der Waals surface area contributed by atoms with Gasteiger partial charge in [0.15, 0.2) is 5.82 Å². The molecule has 1 aliphatic rings. The molecule has 1 saturated heterocycles. The third kappa shape index (κ3) is 4.34. The van der Waals surface area contributed by atoms with Crippen LogP contribution in [0, 0.1) is 0 Å². The summed E-state index contributed by atoms with van der Waals surface area (Å²) in [7, 11) is 1.63. The fraction of sp³-hybridized carbons (Fsp3) is 0.273. The lowest BCUT2D eigenvalue weighted by Crippen LogP contribution is -2.49. The molecule has 0 radical (unpaired) electrons. The zero-order valence-electron chi connectivity index (χ0n) is 16.4. The maximum atomic E-state index is 12.7. The Balaban J connectivity index is 1.35. The molecule has 1 aromatic carbocycles. The summed E-state index contributed by atoms with van der Waals surface area (Å²) in [5, 5.41) is 8.66. The third-order valence-electron chi connectivity index (χ3n) is 5.07. The van der Waals surface area contributed by atoms with Crippen molar-refractivity contribution in [1.82, 2.24) is 20.1 Å². The summed E-state index contributed by atoms with van der Waals surface area (Å²) in [6, 6.07) is 17.3. The summed E-state index contributed by atoms with van der Waals surface area (Å²) in [6.45, 7) is 2.79. The van der Waals surface area contributed by atoms with Gasteiger partial charge in [0.1, 0.15) is 11.4 Å². The van der Waals surface area contributed by atoms with Crippen LogP contribution < -0.4 is 9.64 Å². The smallest absolute Gasteiger partial charge is 0.227 e. The fourth-order valence-electron chi connectivity index (χ4n) is 3.45. The van der Waals surface area contributed by atoms with E-state index in [4.69, 9.17) is 4.74 Å². The molecule has 1 amide bonds. The minimum absolute atomic E-state index is 0.116. The van der Waals surface area contributed by atoms with E-state index in [0.717, 1.165) is 41.6 Å². The number of hydrogen-bond acceptors (Lipinski definition) is 6. The van der Waals surface area contributed by atoms with Crippen LogP contribution in [0.25, 0.3) is 11.4 Å². The highest BCUT2D eigenvalue weighted by molar-refractivity contribution is 5.79. The number of nitrogens with zero attached hydrogens (tertiary/aromatic N) is 5. The van der Waals surface area contributed by atoms with Gasteiger partial charge in [-0.05, 0) is 30.3 Å². The first-order valence-electron chi connectivity index (χ1n) is 9.64. The number of benzene rings is 1. The Morgan fingerprint density at radius 1 is 0.931 bits per heavy atom. The highest BCUT2D eigenvalue weighted by atomic mass is 16.5. The lowest BCUT2D eigenvalue weighted by molar-refractivity contribution is -0.130. The topological polar surface area (TPSA) is 71.5 Å². The van der Waals surface area contributed by atoms with Crippen molar-refractivity contribution in [3.63, 3.8) is 0 Å². The molecule has 0 unspecified atom stereocenters. The van der Waals surface area contributed by atoms with Crippen molar-refractivity contribution >= 4 is 11.7 Å². The van der Waals surface area contributed by atoms with Crippen LogP contribution in [0.5, 0.6) is 5.75 Å². The standard InChI is InChI=1S/C22H23N5O2/c1-29-20-8-3-2-6-17(20)16-22(28)27-14-12-26(13-15-27)21-10-9-19(24-25-21)18-7-4-5-11-23-18/h2-11H,12-16H2,1H3. The van der Waals surface area contributed by atoms with E-state index in [1.807, 2.05) is 59.5 Å². The summed E-state index contributed by atoms with van der Waals surface area (Å²) >= 11 is 0. The molecule has 2 aromatic heterocycles. The van der Waals surface area contributed by atoms with Gasteiger partial charge in [-0.2, -0.15) is 0 Å². The van der Waals surface area contributed by atoms with Gasteiger partial charge in [0.05, 0.1) is 19.2 Å². The van der Waals surface area contributed by atoms with E-state index < -0.39 is 0 Å². The second kappa shape index (κ2) is 8.68. The number of ether oxygens (including phenoxy) is 1. The number of carbonyl (C=O) groups excluding carboxylic acids is 1. The molecule has 1 aliphatic heterocycles. The van der Waals surface area contributed by atoms with Crippen molar-refractivity contribution in [3.05, 3.63) is 66.4 Å². The summed E-state index contributed by atoms with van der Waals surface area (Å²) in [5.74, 6) is 1.69. The molecule has 3 heterocycles. The van der Waals surface area contributed by atoms with Gasteiger partial charge >= 0.3 is 0 Å². The van der Waals surface area contributed by atoms with Gasteiger partial charge in [-0.1, -0.05) is 24.3 Å². The van der Waals surface area contributed by atoms with Crippen LogP contribution in [-0.2, 0) is 11.2 Å². The molecule has 0 spiro atoms. The van der Waals surface area contributed by atoms with E-state index in [2.05, 4.69) is 20.1 Å². The zero-order chi connectivity index (χ0) is 20.1. The number of methoxy groups -OCH3 is 1. The number of aromatic nitrogens is 3. The quantitative estimate of drug-likeness (QED) is 0.668. The first kappa shape index (κ1) is 18.9. The normalized spacial score (nSPS) is 14.0. The lowest BCUT2D eigenvalue weighted by Gasteiger charge is -2.35. The van der Waals surface area contributed by atoms with E-state index in [9.17, 15) is 4.79 Å². The molecule has 7 heteroatoms. The van der Waals surface area contributed by atoms with Gasteiger partial charge < -0.3 is 14.5 Å².